The Morgan fingerprint density at radius 1 is 1.38 bits per heavy atom. The number of methoxy groups -OCH3 is 2. The second-order valence-corrected chi connectivity index (χ2v) is 5.13. The summed E-state index contributed by atoms with van der Waals surface area (Å²) in [6.07, 6.45) is 3.14. The highest BCUT2D eigenvalue weighted by atomic mass is 16.5. The maximum Gasteiger partial charge on any atom is 0.240 e. The molecule has 2 rings (SSSR count). The van der Waals surface area contributed by atoms with E-state index in [0.29, 0.717) is 39.3 Å². The van der Waals surface area contributed by atoms with Crippen molar-refractivity contribution in [3.63, 3.8) is 0 Å². The number of nitrogens with one attached hydrogen (secondary N) is 2. The molecule has 2 heterocycles. The zero-order valence-corrected chi connectivity index (χ0v) is 12.7. The number of imidazole rings is 1. The van der Waals surface area contributed by atoms with E-state index in [1.54, 1.807) is 20.5 Å². The standard InChI is InChI=1S/C14H24N4O3/c1-20-6-3-4-18(5-7-21-2)14(19)12-8-11-13(9-15-12)17-10-16-11/h10,12,15H,3-9H2,1-2H3,(H,16,17). The monoisotopic (exact) mass is 296 g/mol. The van der Waals surface area contributed by atoms with Crippen molar-refractivity contribution in [2.45, 2.75) is 25.4 Å². The largest absolute Gasteiger partial charge is 0.385 e. The molecule has 1 aliphatic rings. The van der Waals surface area contributed by atoms with Crippen LogP contribution in [0.1, 0.15) is 17.8 Å². The van der Waals surface area contributed by atoms with E-state index in [9.17, 15) is 4.79 Å². The Kier molecular flexibility index (Phi) is 6.16. The Morgan fingerprint density at radius 2 is 2.19 bits per heavy atom. The molecule has 118 valence electrons. The summed E-state index contributed by atoms with van der Waals surface area (Å²) in [7, 11) is 3.32. The lowest BCUT2D eigenvalue weighted by molar-refractivity contribution is -0.134. The van der Waals surface area contributed by atoms with Crippen molar-refractivity contribution >= 4 is 5.91 Å². The molecular formula is C14H24N4O3. The van der Waals surface area contributed by atoms with Crippen molar-refractivity contribution in [3.05, 3.63) is 17.7 Å². The molecule has 0 aromatic carbocycles. The number of rotatable bonds is 8. The third kappa shape index (κ3) is 4.26. The first-order chi connectivity index (χ1) is 10.3. The summed E-state index contributed by atoms with van der Waals surface area (Å²) < 4.78 is 10.2. The molecule has 2 N–H and O–H groups in total. The van der Waals surface area contributed by atoms with Gasteiger partial charge in [0, 0.05) is 46.9 Å². The molecule has 0 saturated heterocycles. The molecule has 0 saturated carbocycles. The Morgan fingerprint density at radius 3 is 2.95 bits per heavy atom. The average Bonchev–Trinajstić information content (AvgIpc) is 2.97. The highest BCUT2D eigenvalue weighted by Gasteiger charge is 2.28. The van der Waals surface area contributed by atoms with Crippen molar-refractivity contribution in [1.82, 2.24) is 20.2 Å². The number of carbonyl (C=O) groups is 1. The molecule has 0 radical (unpaired) electrons. The molecule has 1 atom stereocenters. The van der Waals surface area contributed by atoms with Gasteiger partial charge in [-0.3, -0.25) is 10.1 Å². The number of H-pyrrole nitrogens is 1. The topological polar surface area (TPSA) is 79.5 Å². The van der Waals surface area contributed by atoms with E-state index in [-0.39, 0.29) is 11.9 Å². The van der Waals surface area contributed by atoms with Crippen LogP contribution in [0.2, 0.25) is 0 Å². The van der Waals surface area contributed by atoms with Crippen LogP contribution < -0.4 is 5.32 Å². The minimum absolute atomic E-state index is 0.108. The minimum Gasteiger partial charge on any atom is -0.385 e. The summed E-state index contributed by atoms with van der Waals surface area (Å²) >= 11 is 0. The molecule has 0 aliphatic carbocycles. The summed E-state index contributed by atoms with van der Waals surface area (Å²) in [6, 6.07) is -0.208. The Bertz CT molecular complexity index is 449. The van der Waals surface area contributed by atoms with Gasteiger partial charge in [0.05, 0.1) is 30.4 Å². The number of ether oxygens (including phenoxy) is 2. The van der Waals surface area contributed by atoms with Gasteiger partial charge < -0.3 is 19.4 Å². The maximum atomic E-state index is 12.7. The molecule has 1 aromatic heterocycles. The van der Waals surface area contributed by atoms with Crippen LogP contribution in [0.4, 0.5) is 0 Å². The number of aromatic amines is 1. The first-order valence-corrected chi connectivity index (χ1v) is 7.27. The highest BCUT2D eigenvalue weighted by molar-refractivity contribution is 5.82. The fourth-order valence-corrected chi connectivity index (χ4v) is 2.50. The number of hydrogen-bond acceptors (Lipinski definition) is 5. The molecule has 7 heteroatoms. The van der Waals surface area contributed by atoms with Gasteiger partial charge in [-0.15, -0.1) is 0 Å². The zero-order valence-electron chi connectivity index (χ0n) is 12.7. The summed E-state index contributed by atoms with van der Waals surface area (Å²) in [4.78, 5) is 21.9. The summed E-state index contributed by atoms with van der Waals surface area (Å²) in [5, 5.41) is 3.27. The SMILES string of the molecule is COCCCN(CCOC)C(=O)C1Cc2nc[nH]c2CN1. The van der Waals surface area contributed by atoms with E-state index in [1.165, 1.54) is 0 Å². The predicted molar refractivity (Wildman–Crippen MR) is 77.9 cm³/mol. The molecule has 0 bridgehead atoms. The van der Waals surface area contributed by atoms with Crippen molar-refractivity contribution in [3.8, 4) is 0 Å². The van der Waals surface area contributed by atoms with Crippen LogP contribution in [0.25, 0.3) is 0 Å². The smallest absolute Gasteiger partial charge is 0.240 e. The Labute approximate surface area is 125 Å². The fraction of sp³-hybridized carbons (Fsp3) is 0.714. The maximum absolute atomic E-state index is 12.7. The number of carbonyl (C=O) groups excluding carboxylic acids is 1. The number of hydrogen-bond donors (Lipinski definition) is 2. The van der Waals surface area contributed by atoms with Crippen LogP contribution in [0.15, 0.2) is 6.33 Å². The van der Waals surface area contributed by atoms with Gasteiger partial charge in [-0.1, -0.05) is 0 Å². The third-order valence-electron chi connectivity index (χ3n) is 3.68. The van der Waals surface area contributed by atoms with Gasteiger partial charge in [0.15, 0.2) is 0 Å². The van der Waals surface area contributed by atoms with Crippen molar-refractivity contribution in [2.75, 3.05) is 40.5 Å². The van der Waals surface area contributed by atoms with Gasteiger partial charge >= 0.3 is 0 Å². The third-order valence-corrected chi connectivity index (χ3v) is 3.68. The van der Waals surface area contributed by atoms with Crippen LogP contribution >= 0.6 is 0 Å². The molecule has 0 fully saturated rings. The van der Waals surface area contributed by atoms with Crippen LogP contribution in [0, 0.1) is 0 Å². The molecule has 1 unspecified atom stereocenters. The highest BCUT2D eigenvalue weighted by Crippen LogP contribution is 2.14. The van der Waals surface area contributed by atoms with E-state index in [0.717, 1.165) is 17.8 Å². The van der Waals surface area contributed by atoms with E-state index in [4.69, 9.17) is 9.47 Å². The lowest BCUT2D eigenvalue weighted by atomic mass is 10.0. The number of aromatic nitrogens is 2. The van der Waals surface area contributed by atoms with Crippen molar-refractivity contribution < 1.29 is 14.3 Å². The van der Waals surface area contributed by atoms with E-state index in [1.807, 2.05) is 4.90 Å². The summed E-state index contributed by atoms with van der Waals surface area (Å²) in [5.74, 6) is 0.108. The van der Waals surface area contributed by atoms with Gasteiger partial charge in [0.1, 0.15) is 0 Å². The number of amides is 1. The molecular weight excluding hydrogens is 272 g/mol. The van der Waals surface area contributed by atoms with Gasteiger partial charge in [-0.25, -0.2) is 4.98 Å². The Hall–Kier alpha value is -1.44. The van der Waals surface area contributed by atoms with Crippen LogP contribution in [-0.2, 0) is 27.2 Å². The molecule has 1 amide bonds. The van der Waals surface area contributed by atoms with Crippen LogP contribution in [0.3, 0.4) is 0 Å². The second-order valence-electron chi connectivity index (χ2n) is 5.13. The van der Waals surface area contributed by atoms with Gasteiger partial charge in [-0.2, -0.15) is 0 Å². The lowest BCUT2D eigenvalue weighted by Gasteiger charge is -2.29. The molecule has 7 nitrogen and oxygen atoms in total. The lowest BCUT2D eigenvalue weighted by Crippen LogP contribution is -2.50. The molecule has 0 spiro atoms. The normalized spacial score (nSPS) is 17.5. The van der Waals surface area contributed by atoms with Crippen molar-refractivity contribution in [2.24, 2.45) is 0 Å². The average molecular weight is 296 g/mol. The first kappa shape index (κ1) is 15.9. The molecule has 1 aliphatic heterocycles. The first-order valence-electron chi connectivity index (χ1n) is 7.27. The van der Waals surface area contributed by atoms with Crippen molar-refractivity contribution in [1.29, 1.82) is 0 Å². The minimum atomic E-state index is -0.208. The molecule has 21 heavy (non-hydrogen) atoms. The van der Waals surface area contributed by atoms with E-state index < -0.39 is 0 Å². The second kappa shape index (κ2) is 8.11. The quantitative estimate of drug-likeness (QED) is 0.657. The van der Waals surface area contributed by atoms with Gasteiger partial charge in [0.2, 0.25) is 5.91 Å². The number of fused-ring (bicyclic) bond motifs is 1. The van der Waals surface area contributed by atoms with Gasteiger partial charge in [-0.05, 0) is 6.42 Å². The van der Waals surface area contributed by atoms with Gasteiger partial charge in [0.25, 0.3) is 0 Å². The molecule has 1 aromatic rings. The number of nitrogens with zero attached hydrogens (tertiary/aromatic N) is 2. The summed E-state index contributed by atoms with van der Waals surface area (Å²) in [5.41, 5.74) is 2.05. The van der Waals surface area contributed by atoms with Crippen LogP contribution in [0.5, 0.6) is 0 Å². The van der Waals surface area contributed by atoms with Crippen LogP contribution in [-0.4, -0.2) is 67.3 Å². The predicted octanol–water partition coefficient (Wildman–Crippen LogP) is -0.0645. The Balaban J connectivity index is 1.93. The van der Waals surface area contributed by atoms with E-state index >= 15 is 0 Å². The zero-order chi connectivity index (χ0) is 15.1. The fourth-order valence-electron chi connectivity index (χ4n) is 2.50. The van der Waals surface area contributed by atoms with E-state index in [2.05, 4.69) is 15.3 Å². The summed E-state index contributed by atoms with van der Waals surface area (Å²) in [6.45, 7) is 3.13.